The average Bonchev–Trinajstić information content (AvgIpc) is 3.36. The fourth-order valence-corrected chi connectivity index (χ4v) is 4.90. The number of hydrogen-bond donors (Lipinski definition) is 1. The quantitative estimate of drug-likeness (QED) is 0.475. The number of carbonyl (C=O) groups is 1. The van der Waals surface area contributed by atoms with Gasteiger partial charge in [0, 0.05) is 18.2 Å². The Morgan fingerprint density at radius 3 is 2.88 bits per heavy atom. The van der Waals surface area contributed by atoms with Crippen molar-refractivity contribution in [2.24, 2.45) is 0 Å². The largest absolute Gasteiger partial charge is 0.323 e. The van der Waals surface area contributed by atoms with Gasteiger partial charge in [0.15, 0.2) is 10.8 Å². The first-order valence-electron chi connectivity index (χ1n) is 9.86. The second kappa shape index (κ2) is 7.86. The number of carbonyl (C=O) groups excluding carboxylic acids is 1. The lowest BCUT2D eigenvalue weighted by atomic mass is 10.2. The van der Waals surface area contributed by atoms with Crippen molar-refractivity contribution >= 4 is 34.4 Å². The van der Waals surface area contributed by atoms with Crippen molar-refractivity contribution in [2.75, 3.05) is 11.1 Å². The third-order valence-corrected chi connectivity index (χ3v) is 6.44. The van der Waals surface area contributed by atoms with E-state index in [0.717, 1.165) is 29.4 Å². The smallest absolute Gasteiger partial charge is 0.265 e. The second-order valence-electron chi connectivity index (χ2n) is 7.49. The van der Waals surface area contributed by atoms with E-state index in [2.05, 4.69) is 15.4 Å². The van der Waals surface area contributed by atoms with Crippen LogP contribution in [0.5, 0.6) is 0 Å². The van der Waals surface area contributed by atoms with E-state index in [0.29, 0.717) is 21.9 Å². The molecule has 7 nitrogen and oxygen atoms in total. The summed E-state index contributed by atoms with van der Waals surface area (Å²) in [6.07, 6.45) is 1.40. The van der Waals surface area contributed by atoms with E-state index in [1.54, 1.807) is 4.68 Å². The van der Waals surface area contributed by atoms with Gasteiger partial charge < -0.3 is 5.32 Å². The number of aryl methyl sites for hydroxylation is 1. The van der Waals surface area contributed by atoms with Gasteiger partial charge in [0.05, 0.1) is 23.6 Å². The van der Waals surface area contributed by atoms with Gasteiger partial charge in [0.2, 0.25) is 5.91 Å². The highest BCUT2D eigenvalue weighted by molar-refractivity contribution is 7.99. The number of thioether (sulfide) groups is 1. The Morgan fingerprint density at radius 1 is 1.25 bits per heavy atom. The number of nitrogens with zero attached hydrogens (tertiary/aromatic N) is 4. The fourth-order valence-electron chi connectivity index (χ4n) is 3.77. The number of nitrogens with one attached hydrogen (secondary N) is 1. The Balaban J connectivity index is 1.46. The third kappa shape index (κ3) is 3.46. The number of para-hydroxylation sites is 1. The fraction of sp³-hybridized carbons (Fsp3) is 0.182. The zero-order valence-electron chi connectivity index (χ0n) is 16.9. The molecule has 1 aliphatic heterocycles. The van der Waals surface area contributed by atoms with Crippen LogP contribution in [0, 0.1) is 18.6 Å². The summed E-state index contributed by atoms with van der Waals surface area (Å²) >= 11 is 1.37. The molecule has 4 aromatic rings. The highest BCUT2D eigenvalue weighted by Gasteiger charge is 2.30. The average molecular weight is 453 g/mol. The molecule has 0 bridgehead atoms. The van der Waals surface area contributed by atoms with Crippen molar-refractivity contribution in [3.8, 4) is 5.69 Å². The standard InChI is InChI=1S/C22H17F2N5O2S/c1-12-4-2-3-5-18(12)29-20-15(10-25-29)21(31)28-14(11-32-22(28)27-20)9-19(30)26-17-8-13(23)6-7-16(17)24/h2-8,10,14H,9,11H2,1H3,(H,26,30). The van der Waals surface area contributed by atoms with Crippen LogP contribution in [0.2, 0.25) is 0 Å². The van der Waals surface area contributed by atoms with Crippen LogP contribution in [-0.4, -0.2) is 31.0 Å². The predicted molar refractivity (Wildman–Crippen MR) is 117 cm³/mol. The van der Waals surface area contributed by atoms with Gasteiger partial charge in [0.25, 0.3) is 5.56 Å². The molecular weight excluding hydrogens is 436 g/mol. The van der Waals surface area contributed by atoms with E-state index < -0.39 is 23.6 Å². The van der Waals surface area contributed by atoms with E-state index >= 15 is 0 Å². The molecule has 1 amide bonds. The molecule has 5 rings (SSSR count). The minimum absolute atomic E-state index is 0.0744. The molecule has 1 N–H and O–H groups in total. The number of rotatable bonds is 4. The summed E-state index contributed by atoms with van der Waals surface area (Å²) in [7, 11) is 0. The first-order valence-corrected chi connectivity index (χ1v) is 10.8. The summed E-state index contributed by atoms with van der Waals surface area (Å²) in [5.74, 6) is -1.44. The van der Waals surface area contributed by atoms with Crippen LogP contribution in [-0.2, 0) is 4.79 Å². The van der Waals surface area contributed by atoms with Crippen molar-refractivity contribution in [3.63, 3.8) is 0 Å². The molecule has 0 saturated carbocycles. The summed E-state index contributed by atoms with van der Waals surface area (Å²) in [6.45, 7) is 1.95. The number of anilines is 1. The number of hydrogen-bond acceptors (Lipinski definition) is 5. The van der Waals surface area contributed by atoms with E-state index in [1.165, 1.54) is 22.5 Å². The molecule has 0 fully saturated rings. The maximum atomic E-state index is 13.8. The first kappa shape index (κ1) is 20.4. The Labute approximate surface area is 185 Å². The topological polar surface area (TPSA) is 81.8 Å². The summed E-state index contributed by atoms with van der Waals surface area (Å²) in [4.78, 5) is 30.3. The van der Waals surface area contributed by atoms with Crippen molar-refractivity contribution in [1.82, 2.24) is 19.3 Å². The highest BCUT2D eigenvalue weighted by atomic mass is 32.2. The Hall–Kier alpha value is -3.53. The maximum absolute atomic E-state index is 13.8. The van der Waals surface area contributed by atoms with E-state index in [1.807, 2.05) is 31.2 Å². The molecule has 0 spiro atoms. The zero-order valence-corrected chi connectivity index (χ0v) is 17.7. The summed E-state index contributed by atoms with van der Waals surface area (Å²) in [5, 5.41) is 7.59. The Morgan fingerprint density at radius 2 is 2.06 bits per heavy atom. The molecule has 0 aliphatic carbocycles. The van der Waals surface area contributed by atoms with Gasteiger partial charge in [-0.3, -0.25) is 14.2 Å². The summed E-state index contributed by atoms with van der Waals surface area (Å²) < 4.78 is 30.3. The predicted octanol–water partition coefficient (Wildman–Crippen LogP) is 3.84. The van der Waals surface area contributed by atoms with Crippen LogP contribution in [0.25, 0.3) is 16.7 Å². The summed E-state index contributed by atoms with van der Waals surface area (Å²) in [6, 6.07) is 10.0. The monoisotopic (exact) mass is 453 g/mol. The van der Waals surface area contributed by atoms with Gasteiger partial charge in [-0.25, -0.2) is 18.4 Å². The minimum Gasteiger partial charge on any atom is -0.323 e. The lowest BCUT2D eigenvalue weighted by Gasteiger charge is -2.14. The van der Waals surface area contributed by atoms with Crippen molar-refractivity contribution < 1.29 is 13.6 Å². The van der Waals surface area contributed by atoms with Gasteiger partial charge in [0.1, 0.15) is 17.0 Å². The van der Waals surface area contributed by atoms with Crippen LogP contribution in [0.1, 0.15) is 18.0 Å². The van der Waals surface area contributed by atoms with Crippen molar-refractivity contribution in [3.05, 3.63) is 76.2 Å². The Bertz CT molecular complexity index is 1430. The summed E-state index contributed by atoms with van der Waals surface area (Å²) in [5.41, 5.74) is 1.75. The van der Waals surface area contributed by atoms with Gasteiger partial charge >= 0.3 is 0 Å². The minimum atomic E-state index is -0.731. The number of benzene rings is 2. The number of aromatic nitrogens is 4. The van der Waals surface area contributed by atoms with E-state index in [-0.39, 0.29) is 17.7 Å². The molecule has 3 heterocycles. The van der Waals surface area contributed by atoms with Gasteiger partial charge in [-0.05, 0) is 30.7 Å². The Kier molecular flexibility index (Phi) is 5.01. The van der Waals surface area contributed by atoms with Crippen molar-refractivity contribution in [2.45, 2.75) is 24.5 Å². The highest BCUT2D eigenvalue weighted by Crippen LogP contribution is 2.34. The molecular formula is C22H17F2N5O2S. The van der Waals surface area contributed by atoms with Crippen LogP contribution in [0.15, 0.2) is 58.6 Å². The van der Waals surface area contributed by atoms with Crippen LogP contribution in [0.4, 0.5) is 14.5 Å². The second-order valence-corrected chi connectivity index (χ2v) is 8.48. The maximum Gasteiger partial charge on any atom is 0.265 e. The normalized spacial score (nSPS) is 15.2. The molecule has 2 aromatic heterocycles. The molecule has 32 heavy (non-hydrogen) atoms. The lowest BCUT2D eigenvalue weighted by Crippen LogP contribution is -2.28. The van der Waals surface area contributed by atoms with E-state index in [4.69, 9.17) is 0 Å². The number of halogens is 2. The molecule has 162 valence electrons. The van der Waals surface area contributed by atoms with Gasteiger partial charge in [-0.15, -0.1) is 0 Å². The molecule has 1 atom stereocenters. The van der Waals surface area contributed by atoms with E-state index in [9.17, 15) is 18.4 Å². The third-order valence-electron chi connectivity index (χ3n) is 5.34. The van der Waals surface area contributed by atoms with Crippen LogP contribution >= 0.6 is 11.8 Å². The van der Waals surface area contributed by atoms with Crippen LogP contribution in [0.3, 0.4) is 0 Å². The zero-order chi connectivity index (χ0) is 22.4. The molecule has 10 heteroatoms. The molecule has 1 aliphatic rings. The SMILES string of the molecule is Cc1ccccc1-n1ncc2c(=O)n3c(nc21)SCC3CC(=O)Nc1cc(F)ccc1F. The number of fused-ring (bicyclic) bond motifs is 2. The lowest BCUT2D eigenvalue weighted by molar-refractivity contribution is -0.116. The molecule has 2 aromatic carbocycles. The molecule has 0 radical (unpaired) electrons. The van der Waals surface area contributed by atoms with Gasteiger partial charge in [-0.2, -0.15) is 5.10 Å². The van der Waals surface area contributed by atoms with Gasteiger partial charge in [-0.1, -0.05) is 30.0 Å². The van der Waals surface area contributed by atoms with Crippen molar-refractivity contribution in [1.29, 1.82) is 0 Å². The molecule has 1 unspecified atom stereocenters. The number of amides is 1. The van der Waals surface area contributed by atoms with Crippen LogP contribution < -0.4 is 10.9 Å². The molecule has 0 saturated heterocycles. The first-order chi connectivity index (χ1) is 15.4.